The van der Waals surface area contributed by atoms with Gasteiger partial charge in [0.1, 0.15) is 11.2 Å². The first-order valence-electron chi connectivity index (χ1n) is 16.8. The second kappa shape index (κ2) is 9.48. The largest absolute Gasteiger partial charge is 0.455 e. The van der Waals surface area contributed by atoms with Crippen molar-refractivity contribution in [1.29, 1.82) is 0 Å². The van der Waals surface area contributed by atoms with Crippen LogP contribution < -0.4 is 4.90 Å². The van der Waals surface area contributed by atoms with Crippen LogP contribution in [0.15, 0.2) is 132 Å². The number of hydrogen-bond donors (Lipinski definition) is 0. The molecular formula is C45H39NO. The Labute approximate surface area is 277 Å². The maximum atomic E-state index is 6.66. The molecule has 9 rings (SSSR count). The molecule has 0 unspecified atom stereocenters. The van der Waals surface area contributed by atoms with Gasteiger partial charge in [0.05, 0.1) is 0 Å². The molecule has 0 fully saturated rings. The summed E-state index contributed by atoms with van der Waals surface area (Å²) in [5, 5.41) is 2.35. The smallest absolute Gasteiger partial charge is 0.143 e. The van der Waals surface area contributed by atoms with Crippen LogP contribution in [0.25, 0.3) is 44.2 Å². The van der Waals surface area contributed by atoms with Crippen LogP contribution in [0.1, 0.15) is 63.8 Å². The van der Waals surface area contributed by atoms with Crippen molar-refractivity contribution in [3.05, 3.63) is 150 Å². The van der Waals surface area contributed by atoms with E-state index < -0.39 is 0 Å². The molecule has 2 aliphatic carbocycles. The molecule has 0 amide bonds. The van der Waals surface area contributed by atoms with E-state index in [0.29, 0.717) is 0 Å². The third-order valence-electron chi connectivity index (χ3n) is 11.8. The van der Waals surface area contributed by atoms with Gasteiger partial charge in [0, 0.05) is 38.8 Å². The topological polar surface area (TPSA) is 16.4 Å². The van der Waals surface area contributed by atoms with Crippen LogP contribution in [0.5, 0.6) is 0 Å². The van der Waals surface area contributed by atoms with E-state index in [1.807, 2.05) is 0 Å². The Morgan fingerprint density at radius 1 is 0.447 bits per heavy atom. The highest BCUT2D eigenvalue weighted by atomic mass is 16.3. The Hall–Kier alpha value is -5.08. The molecule has 0 N–H and O–H groups in total. The average molecular weight is 610 g/mol. The molecule has 0 radical (unpaired) electrons. The molecule has 230 valence electrons. The Morgan fingerprint density at radius 2 is 1.06 bits per heavy atom. The predicted octanol–water partition coefficient (Wildman–Crippen LogP) is 12.6. The van der Waals surface area contributed by atoms with E-state index in [0.717, 1.165) is 22.5 Å². The number of para-hydroxylation sites is 2. The first-order chi connectivity index (χ1) is 22.6. The van der Waals surface area contributed by atoms with Crippen molar-refractivity contribution in [3.63, 3.8) is 0 Å². The lowest BCUT2D eigenvalue weighted by atomic mass is 9.55. The van der Waals surface area contributed by atoms with Gasteiger partial charge in [-0.2, -0.15) is 0 Å². The monoisotopic (exact) mass is 609 g/mol. The molecule has 0 spiro atoms. The highest BCUT2D eigenvalue weighted by molar-refractivity contribution is 6.11. The molecule has 2 nitrogen and oxygen atoms in total. The third kappa shape index (κ3) is 3.73. The summed E-state index contributed by atoms with van der Waals surface area (Å²) in [7, 11) is 0. The van der Waals surface area contributed by atoms with Gasteiger partial charge in [0.15, 0.2) is 0 Å². The van der Waals surface area contributed by atoms with Gasteiger partial charge in [0.25, 0.3) is 0 Å². The summed E-state index contributed by atoms with van der Waals surface area (Å²) in [6.07, 6.45) is 0. The van der Waals surface area contributed by atoms with Gasteiger partial charge >= 0.3 is 0 Å². The highest BCUT2D eigenvalue weighted by Crippen LogP contribution is 2.57. The molecule has 0 aliphatic heterocycles. The maximum absolute atomic E-state index is 6.66. The fourth-order valence-corrected chi connectivity index (χ4v) is 8.51. The van der Waals surface area contributed by atoms with E-state index in [1.54, 1.807) is 0 Å². The molecule has 1 heterocycles. The minimum Gasteiger partial charge on any atom is -0.455 e. The van der Waals surface area contributed by atoms with Gasteiger partial charge in [-0.1, -0.05) is 126 Å². The molecule has 0 atom stereocenters. The van der Waals surface area contributed by atoms with Crippen LogP contribution in [-0.4, -0.2) is 0 Å². The summed E-state index contributed by atoms with van der Waals surface area (Å²) in [5.74, 6) is 0. The number of benzene rings is 6. The number of furan rings is 1. The number of nitrogens with zero attached hydrogens (tertiary/aromatic N) is 1. The first-order valence-corrected chi connectivity index (χ1v) is 16.8. The molecule has 2 heteroatoms. The zero-order valence-electron chi connectivity index (χ0n) is 28.0. The molecule has 0 saturated heterocycles. The van der Waals surface area contributed by atoms with Crippen LogP contribution in [-0.2, 0) is 16.2 Å². The van der Waals surface area contributed by atoms with Crippen molar-refractivity contribution >= 4 is 39.0 Å². The zero-order valence-corrected chi connectivity index (χ0v) is 28.0. The van der Waals surface area contributed by atoms with Crippen molar-refractivity contribution in [2.24, 2.45) is 0 Å². The minimum atomic E-state index is -0.144. The van der Waals surface area contributed by atoms with Crippen molar-refractivity contribution in [1.82, 2.24) is 0 Å². The van der Waals surface area contributed by atoms with Crippen LogP contribution >= 0.6 is 0 Å². The van der Waals surface area contributed by atoms with Gasteiger partial charge in [-0.05, 0) is 92.2 Å². The normalized spacial score (nSPS) is 16.4. The standard InChI is InChI=1S/C45H39NO/c1-43(2)36-18-12-10-16-31(36)32-22-20-29(26-38(32)43)46(28-14-8-7-9-15-28)30-21-23-35-39(27-30)45(5,6)44(3,4)37-25-24-34-33-17-11-13-19-40(33)47-42(34)41(35)37/h7-27H,1-6H3. The summed E-state index contributed by atoms with van der Waals surface area (Å²) in [5.41, 5.74) is 15.7. The lowest BCUT2D eigenvalue weighted by Gasteiger charge is -2.48. The van der Waals surface area contributed by atoms with Gasteiger partial charge in [-0.25, -0.2) is 0 Å². The summed E-state index contributed by atoms with van der Waals surface area (Å²) in [6.45, 7) is 14.3. The molecule has 2 aliphatic rings. The van der Waals surface area contributed by atoms with Crippen molar-refractivity contribution < 1.29 is 4.42 Å². The van der Waals surface area contributed by atoms with Crippen LogP contribution in [0.2, 0.25) is 0 Å². The summed E-state index contributed by atoms with van der Waals surface area (Å²) in [4.78, 5) is 2.43. The van der Waals surface area contributed by atoms with Crippen molar-refractivity contribution in [3.8, 4) is 22.3 Å². The Bertz CT molecular complexity index is 2390. The van der Waals surface area contributed by atoms with E-state index in [-0.39, 0.29) is 16.2 Å². The highest BCUT2D eigenvalue weighted by Gasteiger charge is 2.47. The minimum absolute atomic E-state index is 0.0756. The van der Waals surface area contributed by atoms with Crippen molar-refractivity contribution in [2.75, 3.05) is 4.90 Å². The van der Waals surface area contributed by atoms with Gasteiger partial charge < -0.3 is 9.32 Å². The van der Waals surface area contributed by atoms with E-state index >= 15 is 0 Å². The van der Waals surface area contributed by atoms with Crippen molar-refractivity contribution in [2.45, 2.75) is 57.8 Å². The summed E-state index contributed by atoms with van der Waals surface area (Å²) >= 11 is 0. The summed E-state index contributed by atoms with van der Waals surface area (Å²) in [6, 6.07) is 46.8. The molecule has 47 heavy (non-hydrogen) atoms. The Kier molecular flexibility index (Phi) is 5.68. The van der Waals surface area contributed by atoms with Gasteiger partial charge in [-0.3, -0.25) is 0 Å². The Balaban J connectivity index is 1.27. The lowest BCUT2D eigenvalue weighted by molar-refractivity contribution is 0.299. The molecule has 7 aromatic rings. The summed E-state index contributed by atoms with van der Waals surface area (Å²) < 4.78 is 6.66. The fraction of sp³-hybridized carbons (Fsp3) is 0.200. The molecule has 1 aromatic heterocycles. The number of fused-ring (bicyclic) bond motifs is 10. The fourth-order valence-electron chi connectivity index (χ4n) is 8.51. The first kappa shape index (κ1) is 28.2. The van der Waals surface area contributed by atoms with Crippen LogP contribution in [0.3, 0.4) is 0 Å². The molecule has 6 aromatic carbocycles. The number of hydrogen-bond acceptors (Lipinski definition) is 2. The maximum Gasteiger partial charge on any atom is 0.143 e. The SMILES string of the molecule is CC1(C)c2ccccc2-c2ccc(N(c3ccccc3)c3ccc4c(c3)C(C)(C)C(C)(C)c3ccc5c(oc6ccccc65)c3-4)cc21. The van der Waals surface area contributed by atoms with Gasteiger partial charge in [-0.15, -0.1) is 0 Å². The van der Waals surface area contributed by atoms with E-state index in [1.165, 1.54) is 61.0 Å². The predicted molar refractivity (Wildman–Crippen MR) is 197 cm³/mol. The lowest BCUT2D eigenvalue weighted by Crippen LogP contribution is -2.43. The van der Waals surface area contributed by atoms with Gasteiger partial charge in [0.2, 0.25) is 0 Å². The molecular weight excluding hydrogens is 571 g/mol. The Morgan fingerprint density at radius 3 is 1.85 bits per heavy atom. The second-order valence-electron chi connectivity index (χ2n) is 15.0. The third-order valence-corrected chi connectivity index (χ3v) is 11.8. The van der Waals surface area contributed by atoms with Crippen LogP contribution in [0.4, 0.5) is 17.1 Å². The average Bonchev–Trinajstić information content (AvgIpc) is 3.57. The number of rotatable bonds is 3. The quantitative estimate of drug-likeness (QED) is 0.198. The second-order valence-corrected chi connectivity index (χ2v) is 15.0. The zero-order chi connectivity index (χ0) is 32.3. The van der Waals surface area contributed by atoms with Crippen LogP contribution in [0, 0.1) is 0 Å². The van der Waals surface area contributed by atoms with E-state index in [9.17, 15) is 0 Å². The molecule has 0 saturated carbocycles. The number of anilines is 3. The van der Waals surface area contributed by atoms with E-state index in [2.05, 4.69) is 174 Å². The molecule has 0 bridgehead atoms. The van der Waals surface area contributed by atoms with E-state index in [4.69, 9.17) is 4.42 Å².